The van der Waals surface area contributed by atoms with Crippen molar-refractivity contribution in [3.8, 4) is 0 Å². The number of esters is 1. The zero-order valence-corrected chi connectivity index (χ0v) is 17.4. The third-order valence-corrected chi connectivity index (χ3v) is 5.43. The van der Waals surface area contributed by atoms with Gasteiger partial charge in [-0.3, -0.25) is 4.79 Å². The van der Waals surface area contributed by atoms with Gasteiger partial charge in [-0.25, -0.2) is 4.79 Å². The zero-order valence-electron chi connectivity index (χ0n) is 16.7. The van der Waals surface area contributed by atoms with E-state index in [0.717, 1.165) is 28.4 Å². The molecule has 1 N–H and O–H groups in total. The topological polar surface area (TPSA) is 60.3 Å². The van der Waals surface area contributed by atoms with Crippen molar-refractivity contribution in [1.82, 2.24) is 4.57 Å². The van der Waals surface area contributed by atoms with Gasteiger partial charge in [0.25, 0.3) is 5.91 Å². The number of fused-ring (bicyclic) bond motifs is 3. The summed E-state index contributed by atoms with van der Waals surface area (Å²) in [6, 6.07) is 20.6. The standard InChI is InChI=1S/C24H21ClN2O3/c1-3-27-21-11-7-5-8-17(21)19-14-16(12-13-22(19)27)26-23(28)15(2)30-24(29)18-9-4-6-10-20(18)25/h4-15H,3H2,1-2H3,(H,26,28)/t15-/m1/s1. The Morgan fingerprint density at radius 3 is 2.47 bits per heavy atom. The summed E-state index contributed by atoms with van der Waals surface area (Å²) in [5, 5.41) is 5.31. The summed E-state index contributed by atoms with van der Waals surface area (Å²) in [4.78, 5) is 24.9. The van der Waals surface area contributed by atoms with Gasteiger partial charge in [-0.05, 0) is 50.2 Å². The van der Waals surface area contributed by atoms with Crippen LogP contribution >= 0.6 is 11.6 Å². The second-order valence-corrected chi connectivity index (χ2v) is 7.42. The van der Waals surface area contributed by atoms with Crippen molar-refractivity contribution in [2.45, 2.75) is 26.5 Å². The number of rotatable bonds is 5. The van der Waals surface area contributed by atoms with Crippen LogP contribution in [0.1, 0.15) is 24.2 Å². The summed E-state index contributed by atoms with van der Waals surface area (Å²) in [7, 11) is 0. The number of aryl methyl sites for hydroxylation is 1. The summed E-state index contributed by atoms with van der Waals surface area (Å²) in [5.41, 5.74) is 3.13. The largest absolute Gasteiger partial charge is 0.449 e. The van der Waals surface area contributed by atoms with Crippen LogP contribution in [0.4, 0.5) is 5.69 Å². The fraction of sp³-hybridized carbons (Fsp3) is 0.167. The third-order valence-electron chi connectivity index (χ3n) is 5.10. The van der Waals surface area contributed by atoms with Crippen molar-refractivity contribution >= 4 is 51.0 Å². The first-order valence-corrected chi connectivity index (χ1v) is 10.1. The second-order valence-electron chi connectivity index (χ2n) is 7.01. The van der Waals surface area contributed by atoms with E-state index in [0.29, 0.717) is 5.69 Å². The molecule has 1 aromatic heterocycles. The third kappa shape index (κ3) is 3.64. The molecule has 152 valence electrons. The van der Waals surface area contributed by atoms with Crippen LogP contribution in [0.5, 0.6) is 0 Å². The normalized spacial score (nSPS) is 12.1. The minimum Gasteiger partial charge on any atom is -0.449 e. The summed E-state index contributed by atoms with van der Waals surface area (Å²) >= 11 is 6.03. The number of aromatic nitrogens is 1. The van der Waals surface area contributed by atoms with E-state index in [4.69, 9.17) is 16.3 Å². The van der Waals surface area contributed by atoms with Crippen molar-refractivity contribution in [3.63, 3.8) is 0 Å². The van der Waals surface area contributed by atoms with E-state index in [1.165, 1.54) is 6.92 Å². The van der Waals surface area contributed by atoms with Crippen LogP contribution in [0, 0.1) is 0 Å². The Balaban J connectivity index is 1.55. The van der Waals surface area contributed by atoms with Crippen molar-refractivity contribution in [2.75, 3.05) is 5.32 Å². The van der Waals surface area contributed by atoms with Gasteiger partial charge in [-0.15, -0.1) is 0 Å². The Bertz CT molecular complexity index is 1260. The number of carbonyl (C=O) groups is 2. The van der Waals surface area contributed by atoms with E-state index >= 15 is 0 Å². The molecule has 5 nitrogen and oxygen atoms in total. The average molecular weight is 421 g/mol. The number of nitrogens with zero attached hydrogens (tertiary/aromatic N) is 1. The van der Waals surface area contributed by atoms with Crippen LogP contribution in [0.2, 0.25) is 5.02 Å². The second kappa shape index (κ2) is 8.20. The number of hydrogen-bond acceptors (Lipinski definition) is 3. The Kier molecular flexibility index (Phi) is 5.46. The van der Waals surface area contributed by atoms with Crippen LogP contribution < -0.4 is 5.32 Å². The van der Waals surface area contributed by atoms with Crippen LogP contribution in [0.25, 0.3) is 21.8 Å². The molecule has 1 amide bonds. The zero-order chi connectivity index (χ0) is 21.3. The highest BCUT2D eigenvalue weighted by molar-refractivity contribution is 6.33. The molecule has 0 bridgehead atoms. The quantitative estimate of drug-likeness (QED) is 0.424. The summed E-state index contributed by atoms with van der Waals surface area (Å²) < 4.78 is 7.53. The number of amides is 1. The molecule has 0 saturated carbocycles. The first-order chi connectivity index (χ1) is 14.5. The lowest BCUT2D eigenvalue weighted by molar-refractivity contribution is -0.123. The van der Waals surface area contributed by atoms with Gasteiger partial charge in [-0.1, -0.05) is 41.9 Å². The molecule has 0 aliphatic carbocycles. The van der Waals surface area contributed by atoms with Crippen molar-refractivity contribution in [1.29, 1.82) is 0 Å². The minimum atomic E-state index is -0.971. The number of nitrogens with one attached hydrogen (secondary N) is 1. The highest BCUT2D eigenvalue weighted by atomic mass is 35.5. The lowest BCUT2D eigenvalue weighted by Gasteiger charge is -2.14. The van der Waals surface area contributed by atoms with Gasteiger partial charge < -0.3 is 14.6 Å². The molecule has 0 aliphatic rings. The van der Waals surface area contributed by atoms with E-state index in [1.807, 2.05) is 30.3 Å². The Hall–Kier alpha value is -3.31. The first kappa shape index (κ1) is 20.0. The molecule has 0 spiro atoms. The Morgan fingerprint density at radius 2 is 1.70 bits per heavy atom. The SMILES string of the molecule is CCn1c2ccccc2c2cc(NC(=O)[C@@H](C)OC(=O)c3ccccc3Cl)ccc21. The molecule has 1 atom stereocenters. The van der Waals surface area contributed by atoms with Crippen molar-refractivity contribution in [3.05, 3.63) is 77.3 Å². The maximum atomic E-state index is 12.6. The monoisotopic (exact) mass is 420 g/mol. The van der Waals surface area contributed by atoms with Gasteiger partial charge in [0.2, 0.25) is 0 Å². The first-order valence-electron chi connectivity index (χ1n) is 9.77. The highest BCUT2D eigenvalue weighted by Crippen LogP contribution is 2.31. The van der Waals surface area contributed by atoms with Gasteiger partial charge in [0.05, 0.1) is 10.6 Å². The summed E-state index contributed by atoms with van der Waals surface area (Å²) in [6.45, 7) is 4.49. The fourth-order valence-electron chi connectivity index (χ4n) is 3.62. The molecule has 0 radical (unpaired) electrons. The van der Waals surface area contributed by atoms with Gasteiger partial charge in [0.15, 0.2) is 6.10 Å². The van der Waals surface area contributed by atoms with Crippen LogP contribution in [0.3, 0.4) is 0 Å². The molecule has 3 aromatic carbocycles. The van der Waals surface area contributed by atoms with Crippen LogP contribution in [0.15, 0.2) is 66.7 Å². The van der Waals surface area contributed by atoms with Gasteiger partial charge in [-0.2, -0.15) is 0 Å². The number of halogens is 1. The minimum absolute atomic E-state index is 0.229. The van der Waals surface area contributed by atoms with Crippen molar-refractivity contribution < 1.29 is 14.3 Å². The molecule has 4 aromatic rings. The number of hydrogen-bond donors (Lipinski definition) is 1. The predicted molar refractivity (Wildman–Crippen MR) is 120 cm³/mol. The smallest absolute Gasteiger partial charge is 0.340 e. The molecule has 0 unspecified atom stereocenters. The molecule has 30 heavy (non-hydrogen) atoms. The van der Waals surface area contributed by atoms with Gasteiger partial charge >= 0.3 is 5.97 Å². The fourth-order valence-corrected chi connectivity index (χ4v) is 3.83. The number of benzene rings is 3. The van der Waals surface area contributed by atoms with Crippen LogP contribution in [-0.4, -0.2) is 22.5 Å². The molecule has 1 heterocycles. The van der Waals surface area contributed by atoms with E-state index in [2.05, 4.69) is 28.9 Å². The molecule has 6 heteroatoms. The van der Waals surface area contributed by atoms with Gasteiger partial charge in [0, 0.05) is 34.0 Å². The molecule has 0 aliphatic heterocycles. The van der Waals surface area contributed by atoms with Crippen molar-refractivity contribution in [2.24, 2.45) is 0 Å². The summed E-state index contributed by atoms with van der Waals surface area (Å²) in [5.74, 6) is -1.04. The number of ether oxygens (including phenoxy) is 1. The maximum Gasteiger partial charge on any atom is 0.340 e. The average Bonchev–Trinajstić information content (AvgIpc) is 3.07. The van der Waals surface area contributed by atoms with Gasteiger partial charge in [0.1, 0.15) is 0 Å². The molecule has 4 rings (SSSR count). The lowest BCUT2D eigenvalue weighted by atomic mass is 10.1. The van der Waals surface area contributed by atoms with E-state index in [-0.39, 0.29) is 10.6 Å². The molecular formula is C24H21ClN2O3. The van der Waals surface area contributed by atoms with E-state index in [1.54, 1.807) is 24.3 Å². The number of carbonyl (C=O) groups excluding carboxylic acids is 2. The van der Waals surface area contributed by atoms with E-state index in [9.17, 15) is 9.59 Å². The lowest BCUT2D eigenvalue weighted by Crippen LogP contribution is -2.30. The molecule has 0 saturated heterocycles. The molecular weight excluding hydrogens is 400 g/mol. The molecule has 0 fully saturated rings. The highest BCUT2D eigenvalue weighted by Gasteiger charge is 2.21. The van der Waals surface area contributed by atoms with Crippen LogP contribution in [-0.2, 0) is 16.1 Å². The number of para-hydroxylation sites is 1. The Labute approximate surface area is 179 Å². The van der Waals surface area contributed by atoms with E-state index < -0.39 is 18.0 Å². The Morgan fingerprint density at radius 1 is 1.00 bits per heavy atom. The number of anilines is 1. The maximum absolute atomic E-state index is 12.6. The predicted octanol–water partition coefficient (Wildman–Crippen LogP) is 5.65. The summed E-state index contributed by atoms with van der Waals surface area (Å²) in [6.07, 6.45) is -0.971.